The van der Waals surface area contributed by atoms with E-state index in [4.69, 9.17) is 0 Å². The Morgan fingerprint density at radius 1 is 0.358 bits per heavy atom. The van der Waals surface area contributed by atoms with E-state index in [2.05, 4.69) is 218 Å². The second kappa shape index (κ2) is 14.9. The molecular formula is C51H42N2. The highest BCUT2D eigenvalue weighted by atomic mass is 15.1. The quantitative estimate of drug-likeness (QED) is 0.169. The van der Waals surface area contributed by atoms with Crippen molar-refractivity contribution in [3.05, 3.63) is 217 Å². The summed E-state index contributed by atoms with van der Waals surface area (Å²) in [4.78, 5) is 2.26. The molecule has 0 amide bonds. The lowest BCUT2D eigenvalue weighted by molar-refractivity contribution is 1.18. The SMILES string of the molecule is Cc1ccc(N(c2ccccc2)c2ccccc2)cc1.Cc1ccccc1-c1ccc(-c2ccc3c4ccccc4n(-c4ccccc4)c3c2)cc1C. The standard InChI is InChI=1S/C32H25N.C19H17N/c1-22-10-6-7-13-27(22)28-18-16-24(20-23(28)2)25-17-19-30-29-14-8-9-15-31(29)33(32(30)21-25)26-11-4-3-5-12-26;1-16-12-14-19(15-13-16)20(17-8-4-2-5-9-17)18-10-6-3-7-11-18/h3-21H,1-2H3;2-15H,1H3. The Hall–Kier alpha value is -6.64. The molecule has 256 valence electrons. The number of fused-ring (bicyclic) bond motifs is 3. The first-order valence-electron chi connectivity index (χ1n) is 18.3. The Morgan fingerprint density at radius 3 is 1.53 bits per heavy atom. The number of aryl methyl sites for hydroxylation is 3. The van der Waals surface area contributed by atoms with E-state index in [1.54, 1.807) is 0 Å². The zero-order valence-corrected chi connectivity index (χ0v) is 30.4. The lowest BCUT2D eigenvalue weighted by Crippen LogP contribution is -2.09. The fraction of sp³-hybridized carbons (Fsp3) is 0.0588. The number of para-hydroxylation sites is 4. The second-order valence-corrected chi connectivity index (χ2v) is 13.6. The molecule has 0 bridgehead atoms. The first-order chi connectivity index (χ1) is 26.0. The molecule has 0 radical (unpaired) electrons. The van der Waals surface area contributed by atoms with Crippen LogP contribution >= 0.6 is 0 Å². The van der Waals surface area contributed by atoms with Crippen molar-refractivity contribution in [2.75, 3.05) is 4.90 Å². The molecule has 2 nitrogen and oxygen atoms in total. The zero-order valence-electron chi connectivity index (χ0n) is 30.4. The summed E-state index contributed by atoms with van der Waals surface area (Å²) >= 11 is 0. The molecule has 0 aliphatic rings. The third-order valence-electron chi connectivity index (χ3n) is 10.0. The van der Waals surface area contributed by atoms with Crippen molar-refractivity contribution in [1.29, 1.82) is 0 Å². The van der Waals surface area contributed by atoms with E-state index in [0.29, 0.717) is 0 Å². The molecule has 0 aliphatic carbocycles. The minimum atomic E-state index is 1.17. The van der Waals surface area contributed by atoms with Gasteiger partial charge < -0.3 is 9.47 Å². The number of rotatable bonds is 6. The van der Waals surface area contributed by atoms with Crippen molar-refractivity contribution in [3.63, 3.8) is 0 Å². The van der Waals surface area contributed by atoms with Gasteiger partial charge in [-0.15, -0.1) is 0 Å². The van der Waals surface area contributed by atoms with E-state index in [0.717, 1.165) is 0 Å². The predicted molar refractivity (Wildman–Crippen MR) is 227 cm³/mol. The third kappa shape index (κ3) is 6.88. The highest BCUT2D eigenvalue weighted by Crippen LogP contribution is 2.37. The normalized spacial score (nSPS) is 10.9. The largest absolute Gasteiger partial charge is 0.311 e. The Balaban J connectivity index is 0.000000171. The molecule has 0 saturated heterocycles. The summed E-state index contributed by atoms with van der Waals surface area (Å²) in [6.45, 7) is 6.50. The maximum atomic E-state index is 2.38. The topological polar surface area (TPSA) is 8.17 Å². The number of anilines is 3. The van der Waals surface area contributed by atoms with Crippen LogP contribution in [0, 0.1) is 20.8 Å². The van der Waals surface area contributed by atoms with Gasteiger partial charge in [-0.1, -0.05) is 145 Å². The first kappa shape index (κ1) is 33.5. The molecule has 0 saturated carbocycles. The molecule has 2 heteroatoms. The fourth-order valence-corrected chi connectivity index (χ4v) is 7.32. The molecule has 0 unspecified atom stereocenters. The number of hydrogen-bond donors (Lipinski definition) is 0. The monoisotopic (exact) mass is 682 g/mol. The van der Waals surface area contributed by atoms with Crippen molar-refractivity contribution in [2.24, 2.45) is 0 Å². The lowest BCUT2D eigenvalue weighted by Gasteiger charge is -2.25. The van der Waals surface area contributed by atoms with Crippen LogP contribution in [0.1, 0.15) is 16.7 Å². The van der Waals surface area contributed by atoms with Gasteiger partial charge in [0, 0.05) is 33.5 Å². The minimum Gasteiger partial charge on any atom is -0.311 e. The van der Waals surface area contributed by atoms with E-state index in [1.807, 2.05) is 12.1 Å². The summed E-state index contributed by atoms with van der Waals surface area (Å²) < 4.78 is 2.38. The number of aromatic nitrogens is 1. The van der Waals surface area contributed by atoms with Crippen molar-refractivity contribution in [1.82, 2.24) is 4.57 Å². The van der Waals surface area contributed by atoms with Gasteiger partial charge in [0.15, 0.2) is 0 Å². The highest BCUT2D eigenvalue weighted by molar-refractivity contribution is 6.10. The average molecular weight is 683 g/mol. The van der Waals surface area contributed by atoms with Gasteiger partial charge in [-0.05, 0) is 115 Å². The molecule has 8 aromatic carbocycles. The van der Waals surface area contributed by atoms with Crippen LogP contribution in [-0.2, 0) is 0 Å². The van der Waals surface area contributed by atoms with E-state index in [-0.39, 0.29) is 0 Å². The molecular weight excluding hydrogens is 641 g/mol. The van der Waals surface area contributed by atoms with Crippen LogP contribution in [0.5, 0.6) is 0 Å². The maximum absolute atomic E-state index is 2.38. The molecule has 0 atom stereocenters. The van der Waals surface area contributed by atoms with Gasteiger partial charge in [-0.2, -0.15) is 0 Å². The predicted octanol–water partition coefficient (Wildman–Crippen LogP) is 14.2. The molecule has 0 spiro atoms. The van der Waals surface area contributed by atoms with Gasteiger partial charge in [0.2, 0.25) is 0 Å². The highest BCUT2D eigenvalue weighted by Gasteiger charge is 2.14. The van der Waals surface area contributed by atoms with Gasteiger partial charge in [0.25, 0.3) is 0 Å². The molecule has 0 fully saturated rings. The first-order valence-corrected chi connectivity index (χ1v) is 18.3. The van der Waals surface area contributed by atoms with Crippen molar-refractivity contribution >= 4 is 38.9 Å². The van der Waals surface area contributed by atoms with Crippen LogP contribution in [0.4, 0.5) is 17.1 Å². The van der Waals surface area contributed by atoms with Crippen LogP contribution < -0.4 is 4.90 Å². The van der Waals surface area contributed by atoms with Crippen molar-refractivity contribution in [3.8, 4) is 27.9 Å². The molecule has 53 heavy (non-hydrogen) atoms. The molecule has 9 rings (SSSR count). The summed E-state index contributed by atoms with van der Waals surface area (Å²) in [6, 6.07) is 71.1. The Morgan fingerprint density at radius 2 is 0.868 bits per heavy atom. The van der Waals surface area contributed by atoms with Gasteiger partial charge in [0.05, 0.1) is 11.0 Å². The van der Waals surface area contributed by atoms with Crippen molar-refractivity contribution < 1.29 is 0 Å². The molecule has 1 aromatic heterocycles. The van der Waals surface area contributed by atoms with Crippen LogP contribution in [0.3, 0.4) is 0 Å². The Bertz CT molecular complexity index is 2580. The third-order valence-corrected chi connectivity index (χ3v) is 10.0. The second-order valence-electron chi connectivity index (χ2n) is 13.6. The summed E-state index contributed by atoms with van der Waals surface area (Å²) in [5, 5.41) is 2.57. The van der Waals surface area contributed by atoms with E-state index in [1.165, 1.54) is 83.5 Å². The van der Waals surface area contributed by atoms with Crippen LogP contribution in [0.2, 0.25) is 0 Å². The summed E-state index contributed by atoms with van der Waals surface area (Å²) in [5.74, 6) is 0. The molecule has 1 heterocycles. The van der Waals surface area contributed by atoms with E-state index >= 15 is 0 Å². The molecule has 9 aromatic rings. The smallest absolute Gasteiger partial charge is 0.0547 e. The van der Waals surface area contributed by atoms with E-state index < -0.39 is 0 Å². The van der Waals surface area contributed by atoms with Crippen LogP contribution in [0.15, 0.2) is 200 Å². The van der Waals surface area contributed by atoms with Gasteiger partial charge in [-0.3, -0.25) is 0 Å². The number of benzene rings is 8. The van der Waals surface area contributed by atoms with Crippen LogP contribution in [0.25, 0.3) is 49.7 Å². The Kier molecular flexibility index (Phi) is 9.43. The van der Waals surface area contributed by atoms with Gasteiger partial charge in [-0.25, -0.2) is 0 Å². The van der Waals surface area contributed by atoms with Crippen LogP contribution in [-0.4, -0.2) is 4.57 Å². The summed E-state index contributed by atoms with van der Waals surface area (Å²) in [6.07, 6.45) is 0. The molecule has 0 aliphatic heterocycles. The van der Waals surface area contributed by atoms with E-state index in [9.17, 15) is 0 Å². The lowest BCUT2D eigenvalue weighted by atomic mass is 9.93. The number of hydrogen-bond acceptors (Lipinski definition) is 1. The average Bonchev–Trinajstić information content (AvgIpc) is 3.54. The molecule has 0 N–H and O–H groups in total. The minimum absolute atomic E-state index is 1.17. The van der Waals surface area contributed by atoms with Gasteiger partial charge >= 0.3 is 0 Å². The zero-order chi connectivity index (χ0) is 36.1. The summed E-state index contributed by atoms with van der Waals surface area (Å²) in [5.41, 5.74) is 16.1. The fourth-order valence-electron chi connectivity index (χ4n) is 7.32. The van der Waals surface area contributed by atoms with Crippen molar-refractivity contribution in [2.45, 2.75) is 20.8 Å². The maximum Gasteiger partial charge on any atom is 0.0547 e. The number of nitrogens with zero attached hydrogens (tertiary/aromatic N) is 2. The summed E-state index contributed by atoms with van der Waals surface area (Å²) in [7, 11) is 0. The van der Waals surface area contributed by atoms with Gasteiger partial charge in [0.1, 0.15) is 0 Å². The Labute approximate surface area is 312 Å².